The average Bonchev–Trinajstić information content (AvgIpc) is 3.13. The summed E-state index contributed by atoms with van der Waals surface area (Å²) in [5.41, 5.74) is 9.65. The molecular weight excluding hydrogens is 392 g/mol. The second-order valence-corrected chi connectivity index (χ2v) is 7.86. The SMILES string of the molecule is Nc1nccn2c1c(-c1cccc(OCc3ccccc3)c1)nc2[C@H]1C[C@@H](C(=O)O)C1. The fraction of sp³-hybridized carbons (Fsp3) is 0.208. The molecule has 1 aliphatic carbocycles. The first kappa shape index (κ1) is 19.1. The number of aliphatic carboxylic acids is 1. The van der Waals surface area contributed by atoms with E-state index in [1.807, 2.05) is 65.2 Å². The number of anilines is 1. The third-order valence-corrected chi connectivity index (χ3v) is 5.82. The van der Waals surface area contributed by atoms with Gasteiger partial charge in [-0.15, -0.1) is 0 Å². The molecule has 0 radical (unpaired) electrons. The molecule has 156 valence electrons. The van der Waals surface area contributed by atoms with Crippen LogP contribution in [-0.4, -0.2) is 25.4 Å². The lowest BCUT2D eigenvalue weighted by atomic mass is 9.74. The van der Waals surface area contributed by atoms with Crippen molar-refractivity contribution < 1.29 is 14.6 Å². The fourth-order valence-corrected chi connectivity index (χ4v) is 4.08. The van der Waals surface area contributed by atoms with Crippen molar-refractivity contribution in [1.29, 1.82) is 0 Å². The van der Waals surface area contributed by atoms with Gasteiger partial charge in [0.05, 0.1) is 5.92 Å². The zero-order chi connectivity index (χ0) is 21.4. The predicted octanol–water partition coefficient (Wildman–Crippen LogP) is 4.14. The smallest absolute Gasteiger partial charge is 0.306 e. The molecule has 3 N–H and O–H groups in total. The van der Waals surface area contributed by atoms with Crippen LogP contribution in [-0.2, 0) is 11.4 Å². The minimum absolute atomic E-state index is 0.0849. The summed E-state index contributed by atoms with van der Waals surface area (Å²) in [7, 11) is 0. The zero-order valence-corrected chi connectivity index (χ0v) is 16.8. The first-order valence-corrected chi connectivity index (χ1v) is 10.2. The number of fused-ring (bicyclic) bond motifs is 1. The zero-order valence-electron chi connectivity index (χ0n) is 16.8. The molecule has 0 amide bonds. The summed E-state index contributed by atoms with van der Waals surface area (Å²) in [6, 6.07) is 17.7. The van der Waals surface area contributed by atoms with Crippen molar-refractivity contribution in [3.05, 3.63) is 78.4 Å². The van der Waals surface area contributed by atoms with Crippen molar-refractivity contribution >= 4 is 17.3 Å². The highest BCUT2D eigenvalue weighted by molar-refractivity contribution is 5.86. The monoisotopic (exact) mass is 414 g/mol. The van der Waals surface area contributed by atoms with Crippen LogP contribution in [0.5, 0.6) is 5.75 Å². The Morgan fingerprint density at radius 1 is 1.16 bits per heavy atom. The first-order chi connectivity index (χ1) is 15.1. The number of hydrogen-bond acceptors (Lipinski definition) is 5. The van der Waals surface area contributed by atoms with Crippen LogP contribution >= 0.6 is 0 Å². The number of aromatic nitrogens is 3. The van der Waals surface area contributed by atoms with E-state index in [-0.39, 0.29) is 11.8 Å². The van der Waals surface area contributed by atoms with Gasteiger partial charge in [-0.2, -0.15) is 0 Å². The van der Waals surface area contributed by atoms with Crippen LogP contribution < -0.4 is 10.5 Å². The number of rotatable bonds is 6. The number of hydrogen-bond donors (Lipinski definition) is 2. The van der Waals surface area contributed by atoms with Gasteiger partial charge in [0.2, 0.25) is 0 Å². The molecule has 4 aromatic rings. The molecule has 1 fully saturated rings. The number of carbonyl (C=O) groups is 1. The van der Waals surface area contributed by atoms with Gasteiger partial charge in [-0.25, -0.2) is 9.97 Å². The second-order valence-electron chi connectivity index (χ2n) is 7.86. The van der Waals surface area contributed by atoms with E-state index in [9.17, 15) is 9.90 Å². The van der Waals surface area contributed by atoms with Gasteiger partial charge in [0, 0.05) is 23.9 Å². The van der Waals surface area contributed by atoms with Crippen LogP contribution in [0, 0.1) is 5.92 Å². The van der Waals surface area contributed by atoms with Gasteiger partial charge in [-0.1, -0.05) is 42.5 Å². The lowest BCUT2D eigenvalue weighted by Crippen LogP contribution is -2.29. The van der Waals surface area contributed by atoms with E-state index in [0.717, 1.165) is 33.9 Å². The summed E-state index contributed by atoms with van der Waals surface area (Å²) in [5, 5.41) is 9.23. The number of nitrogen functional groups attached to an aromatic ring is 1. The normalized spacial score (nSPS) is 17.9. The number of carboxylic acid groups (broad SMARTS) is 1. The average molecular weight is 414 g/mol. The second kappa shape index (κ2) is 7.75. The molecule has 1 saturated carbocycles. The summed E-state index contributed by atoms with van der Waals surface area (Å²) < 4.78 is 7.92. The van der Waals surface area contributed by atoms with Gasteiger partial charge in [0.25, 0.3) is 0 Å². The maximum absolute atomic E-state index is 11.2. The standard InChI is InChI=1S/C24H22N4O3/c25-22-21-20(16-7-4-8-19(13-16)31-14-15-5-2-1-3-6-15)27-23(28(21)10-9-26-22)17-11-18(12-17)24(29)30/h1-10,13,17-18H,11-12,14H2,(H2,25,26)(H,29,30)/t17-,18+. The summed E-state index contributed by atoms with van der Waals surface area (Å²) in [5.74, 6) is 0.979. The Hall–Kier alpha value is -3.87. The third kappa shape index (κ3) is 3.59. The van der Waals surface area contributed by atoms with Crippen LogP contribution in [0.3, 0.4) is 0 Å². The number of nitrogens with zero attached hydrogens (tertiary/aromatic N) is 3. The summed E-state index contributed by atoms with van der Waals surface area (Å²) in [6.07, 6.45) is 4.64. The highest BCUT2D eigenvalue weighted by Crippen LogP contribution is 2.43. The van der Waals surface area contributed by atoms with Crippen molar-refractivity contribution in [2.75, 3.05) is 5.73 Å². The number of carboxylic acids is 1. The van der Waals surface area contributed by atoms with Crippen LogP contribution in [0.2, 0.25) is 0 Å². The molecule has 0 unspecified atom stereocenters. The molecule has 7 heteroatoms. The van der Waals surface area contributed by atoms with Crippen molar-refractivity contribution in [2.45, 2.75) is 25.4 Å². The Labute approximate surface area is 179 Å². The molecule has 2 heterocycles. The first-order valence-electron chi connectivity index (χ1n) is 10.2. The van der Waals surface area contributed by atoms with Crippen molar-refractivity contribution in [2.24, 2.45) is 5.92 Å². The highest BCUT2D eigenvalue weighted by atomic mass is 16.5. The van der Waals surface area contributed by atoms with E-state index >= 15 is 0 Å². The van der Waals surface area contributed by atoms with E-state index in [4.69, 9.17) is 15.5 Å². The highest BCUT2D eigenvalue weighted by Gasteiger charge is 2.38. The van der Waals surface area contributed by atoms with Crippen LogP contribution in [0.1, 0.15) is 30.1 Å². The lowest BCUT2D eigenvalue weighted by molar-refractivity contribution is -0.145. The third-order valence-electron chi connectivity index (χ3n) is 5.82. The number of imidazole rings is 1. The minimum atomic E-state index is -0.748. The summed E-state index contributed by atoms with van der Waals surface area (Å²) >= 11 is 0. The maximum Gasteiger partial charge on any atom is 0.306 e. The largest absolute Gasteiger partial charge is 0.489 e. The Balaban J connectivity index is 1.48. The molecule has 7 nitrogen and oxygen atoms in total. The molecule has 0 bridgehead atoms. The van der Waals surface area contributed by atoms with Gasteiger partial charge in [0.1, 0.15) is 35.2 Å². The number of ether oxygens (including phenoxy) is 1. The van der Waals surface area contributed by atoms with Crippen molar-refractivity contribution in [3.63, 3.8) is 0 Å². The van der Waals surface area contributed by atoms with E-state index in [2.05, 4.69) is 4.98 Å². The van der Waals surface area contributed by atoms with Gasteiger partial charge >= 0.3 is 5.97 Å². The Morgan fingerprint density at radius 3 is 2.74 bits per heavy atom. The number of benzene rings is 2. The molecule has 0 atom stereocenters. The van der Waals surface area contributed by atoms with E-state index < -0.39 is 5.97 Å². The fourth-order valence-electron chi connectivity index (χ4n) is 4.08. The van der Waals surface area contributed by atoms with E-state index in [1.54, 1.807) is 6.20 Å². The predicted molar refractivity (Wildman–Crippen MR) is 117 cm³/mol. The summed E-state index contributed by atoms with van der Waals surface area (Å²) in [4.78, 5) is 20.4. The molecule has 0 spiro atoms. The Bertz CT molecular complexity index is 1250. The van der Waals surface area contributed by atoms with Gasteiger partial charge < -0.3 is 15.6 Å². The Kier molecular flexibility index (Phi) is 4.78. The number of nitrogens with two attached hydrogens (primary N) is 1. The van der Waals surface area contributed by atoms with Crippen molar-refractivity contribution in [1.82, 2.24) is 14.4 Å². The van der Waals surface area contributed by atoms with Crippen LogP contribution in [0.4, 0.5) is 5.82 Å². The van der Waals surface area contributed by atoms with Gasteiger partial charge in [-0.05, 0) is 30.5 Å². The molecule has 5 rings (SSSR count). The minimum Gasteiger partial charge on any atom is -0.489 e. The molecule has 2 aromatic carbocycles. The molecule has 0 aliphatic heterocycles. The molecule has 31 heavy (non-hydrogen) atoms. The molecule has 2 aromatic heterocycles. The topological polar surface area (TPSA) is 103 Å². The van der Waals surface area contributed by atoms with Gasteiger partial charge in [-0.3, -0.25) is 9.20 Å². The van der Waals surface area contributed by atoms with E-state index in [0.29, 0.717) is 25.3 Å². The molecule has 0 saturated heterocycles. The lowest BCUT2D eigenvalue weighted by Gasteiger charge is -2.31. The van der Waals surface area contributed by atoms with Crippen LogP contribution in [0.15, 0.2) is 67.0 Å². The summed E-state index contributed by atoms with van der Waals surface area (Å²) in [6.45, 7) is 0.474. The maximum atomic E-state index is 11.2. The quantitative estimate of drug-likeness (QED) is 0.492. The molecule has 1 aliphatic rings. The van der Waals surface area contributed by atoms with E-state index in [1.165, 1.54) is 0 Å². The van der Waals surface area contributed by atoms with Crippen molar-refractivity contribution in [3.8, 4) is 17.0 Å². The van der Waals surface area contributed by atoms with Gasteiger partial charge in [0.15, 0.2) is 0 Å². The van der Waals surface area contributed by atoms with Crippen LogP contribution in [0.25, 0.3) is 16.8 Å². The molecular formula is C24H22N4O3. The Morgan fingerprint density at radius 2 is 1.97 bits per heavy atom.